The van der Waals surface area contributed by atoms with Crippen molar-refractivity contribution in [1.82, 2.24) is 20.9 Å². The van der Waals surface area contributed by atoms with Gasteiger partial charge in [0.15, 0.2) is 0 Å². The van der Waals surface area contributed by atoms with Crippen LogP contribution in [0.4, 0.5) is 9.59 Å². The van der Waals surface area contributed by atoms with Crippen molar-refractivity contribution in [3.05, 3.63) is 29.8 Å². The average Bonchev–Trinajstić information content (AvgIpc) is 2.95. The van der Waals surface area contributed by atoms with Gasteiger partial charge in [-0.05, 0) is 43.9 Å². The fourth-order valence-corrected chi connectivity index (χ4v) is 3.50. The summed E-state index contributed by atoms with van der Waals surface area (Å²) in [5.41, 5.74) is -0.704. The highest BCUT2D eigenvalue weighted by Gasteiger charge is 2.49. The molecule has 0 aromatic heterocycles. The highest BCUT2D eigenvalue weighted by molar-refractivity contribution is 6.09. The zero-order chi connectivity index (χ0) is 23.9. The molecule has 10 heteroatoms. The van der Waals surface area contributed by atoms with Crippen molar-refractivity contribution in [3.8, 4) is 5.75 Å². The lowest BCUT2D eigenvalue weighted by Gasteiger charge is -2.23. The smallest absolute Gasteiger partial charge is 0.407 e. The maximum Gasteiger partial charge on any atom is 0.407 e. The Hall–Kier alpha value is -3.30. The van der Waals surface area contributed by atoms with Gasteiger partial charge in [0.05, 0.1) is 13.7 Å². The van der Waals surface area contributed by atoms with Crippen molar-refractivity contribution in [1.29, 1.82) is 0 Å². The quantitative estimate of drug-likeness (QED) is 0.468. The molecule has 0 aliphatic carbocycles. The Bertz CT molecular complexity index is 841. The molecule has 5 amide bonds. The Labute approximate surface area is 188 Å². The monoisotopic (exact) mass is 448 g/mol. The molecular weight excluding hydrogens is 416 g/mol. The summed E-state index contributed by atoms with van der Waals surface area (Å²) in [6.07, 6.45) is 0.0642. The van der Waals surface area contributed by atoms with E-state index in [-0.39, 0.29) is 25.1 Å². The minimum atomic E-state index is -1.28. The highest BCUT2D eigenvalue weighted by atomic mass is 16.5. The van der Waals surface area contributed by atoms with Crippen LogP contribution in [0.5, 0.6) is 5.75 Å². The first-order chi connectivity index (χ1) is 15.1. The number of nitrogens with one attached hydrogen (secondary N) is 3. The standard InChI is InChI=1S/C22H32N4O6/c1-6-32-21(30)24-16(11-14(2)3)12-23-18(27)13-26-19(28)22(4,25-20(26)29)15-7-9-17(31-5)10-8-15/h7-10,14,16H,6,11-13H2,1-5H3,(H,23,27)(H,24,30)(H,25,29). The van der Waals surface area contributed by atoms with Gasteiger partial charge in [-0.3, -0.25) is 14.5 Å². The van der Waals surface area contributed by atoms with Gasteiger partial charge in [0.25, 0.3) is 5.91 Å². The zero-order valence-corrected chi connectivity index (χ0v) is 19.2. The fraction of sp³-hybridized carbons (Fsp3) is 0.545. The average molecular weight is 449 g/mol. The molecule has 10 nitrogen and oxygen atoms in total. The maximum absolute atomic E-state index is 13.0. The molecule has 1 fully saturated rings. The molecule has 0 saturated carbocycles. The van der Waals surface area contributed by atoms with Crippen molar-refractivity contribution in [2.24, 2.45) is 5.92 Å². The summed E-state index contributed by atoms with van der Waals surface area (Å²) in [5.74, 6) is -0.134. The van der Waals surface area contributed by atoms with E-state index in [0.717, 1.165) is 4.90 Å². The van der Waals surface area contributed by atoms with Crippen molar-refractivity contribution >= 4 is 23.9 Å². The van der Waals surface area contributed by atoms with Crippen molar-refractivity contribution < 1.29 is 28.7 Å². The number of carbonyl (C=O) groups is 4. The largest absolute Gasteiger partial charge is 0.497 e. The molecule has 1 aliphatic rings. The molecule has 1 saturated heterocycles. The zero-order valence-electron chi connectivity index (χ0n) is 19.2. The van der Waals surface area contributed by atoms with E-state index in [4.69, 9.17) is 9.47 Å². The minimum absolute atomic E-state index is 0.148. The molecule has 2 unspecified atom stereocenters. The number of hydrogen-bond donors (Lipinski definition) is 3. The van der Waals surface area contributed by atoms with Gasteiger partial charge in [-0.15, -0.1) is 0 Å². The van der Waals surface area contributed by atoms with Crippen LogP contribution in [0.25, 0.3) is 0 Å². The van der Waals surface area contributed by atoms with Crippen LogP contribution in [0.1, 0.15) is 39.7 Å². The van der Waals surface area contributed by atoms with Crippen LogP contribution in [0, 0.1) is 5.92 Å². The molecule has 176 valence electrons. The Kier molecular flexibility index (Phi) is 8.45. The second-order valence-electron chi connectivity index (χ2n) is 8.17. The SMILES string of the molecule is CCOC(=O)NC(CNC(=O)CN1C(=O)NC(C)(c2ccc(OC)cc2)C1=O)CC(C)C. The molecule has 3 N–H and O–H groups in total. The van der Waals surface area contributed by atoms with E-state index in [9.17, 15) is 19.2 Å². The van der Waals surface area contributed by atoms with Gasteiger partial charge in [-0.2, -0.15) is 0 Å². The third-order valence-electron chi connectivity index (χ3n) is 5.14. The van der Waals surface area contributed by atoms with E-state index < -0.39 is 36.0 Å². The normalized spacial score (nSPS) is 18.9. The molecular formula is C22H32N4O6. The maximum atomic E-state index is 13.0. The van der Waals surface area contributed by atoms with E-state index in [1.807, 2.05) is 13.8 Å². The van der Waals surface area contributed by atoms with Gasteiger partial charge in [-0.1, -0.05) is 26.0 Å². The van der Waals surface area contributed by atoms with Gasteiger partial charge < -0.3 is 25.4 Å². The number of benzene rings is 1. The van der Waals surface area contributed by atoms with E-state index in [1.165, 1.54) is 7.11 Å². The molecule has 1 aromatic carbocycles. The Morgan fingerprint density at radius 1 is 1.19 bits per heavy atom. The third-order valence-corrected chi connectivity index (χ3v) is 5.14. The van der Waals surface area contributed by atoms with Crippen LogP contribution in [0.15, 0.2) is 24.3 Å². The fourth-order valence-electron chi connectivity index (χ4n) is 3.50. The second-order valence-corrected chi connectivity index (χ2v) is 8.17. The van der Waals surface area contributed by atoms with Gasteiger partial charge in [0, 0.05) is 12.6 Å². The van der Waals surface area contributed by atoms with Crippen LogP contribution in [0.2, 0.25) is 0 Å². The number of methoxy groups -OCH3 is 1. The number of alkyl carbamates (subject to hydrolysis) is 1. The number of imide groups is 1. The molecule has 0 radical (unpaired) electrons. The Morgan fingerprint density at radius 3 is 2.41 bits per heavy atom. The summed E-state index contributed by atoms with van der Waals surface area (Å²) in [5, 5.41) is 8.06. The Balaban J connectivity index is 1.99. The molecule has 2 rings (SSSR count). The Morgan fingerprint density at radius 2 is 1.84 bits per heavy atom. The van der Waals surface area contributed by atoms with Gasteiger partial charge in [0.1, 0.15) is 17.8 Å². The first kappa shape index (κ1) is 25.0. The van der Waals surface area contributed by atoms with Crippen LogP contribution in [-0.2, 0) is 19.9 Å². The lowest BCUT2D eigenvalue weighted by Crippen LogP contribution is -2.48. The number of hydrogen-bond acceptors (Lipinski definition) is 6. The lowest BCUT2D eigenvalue weighted by molar-refractivity contribution is -0.134. The molecule has 0 bridgehead atoms. The summed E-state index contributed by atoms with van der Waals surface area (Å²) in [6, 6.07) is 5.79. The summed E-state index contributed by atoms with van der Waals surface area (Å²) in [6.45, 7) is 7.25. The molecule has 32 heavy (non-hydrogen) atoms. The number of carbonyl (C=O) groups excluding carboxylic acids is 4. The van der Waals surface area contributed by atoms with E-state index in [1.54, 1.807) is 38.1 Å². The number of rotatable bonds is 10. The van der Waals surface area contributed by atoms with Gasteiger partial charge in [0.2, 0.25) is 5.91 Å². The third kappa shape index (κ3) is 6.12. The van der Waals surface area contributed by atoms with Crippen molar-refractivity contribution in [2.45, 2.75) is 45.7 Å². The molecule has 2 atom stereocenters. The first-order valence-corrected chi connectivity index (χ1v) is 10.6. The van der Waals surface area contributed by atoms with E-state index in [2.05, 4.69) is 16.0 Å². The number of amides is 5. The minimum Gasteiger partial charge on any atom is -0.497 e. The molecule has 1 heterocycles. The first-order valence-electron chi connectivity index (χ1n) is 10.6. The second kappa shape index (κ2) is 10.8. The number of urea groups is 1. The van der Waals surface area contributed by atoms with Crippen LogP contribution in [0.3, 0.4) is 0 Å². The van der Waals surface area contributed by atoms with Crippen molar-refractivity contribution in [3.63, 3.8) is 0 Å². The van der Waals surface area contributed by atoms with Crippen LogP contribution in [-0.4, -0.2) is 61.7 Å². The molecule has 0 spiro atoms. The van der Waals surface area contributed by atoms with Crippen LogP contribution < -0.4 is 20.7 Å². The van der Waals surface area contributed by atoms with E-state index >= 15 is 0 Å². The summed E-state index contributed by atoms with van der Waals surface area (Å²) >= 11 is 0. The van der Waals surface area contributed by atoms with E-state index in [0.29, 0.717) is 17.7 Å². The molecule has 1 aliphatic heterocycles. The summed E-state index contributed by atoms with van der Waals surface area (Å²) < 4.78 is 10.0. The highest BCUT2D eigenvalue weighted by Crippen LogP contribution is 2.29. The predicted molar refractivity (Wildman–Crippen MR) is 117 cm³/mol. The van der Waals surface area contributed by atoms with Gasteiger partial charge in [-0.25, -0.2) is 9.59 Å². The van der Waals surface area contributed by atoms with Crippen molar-refractivity contribution in [2.75, 3.05) is 26.8 Å². The molecule has 1 aromatic rings. The summed E-state index contributed by atoms with van der Waals surface area (Å²) in [7, 11) is 1.54. The number of ether oxygens (including phenoxy) is 2. The summed E-state index contributed by atoms with van der Waals surface area (Å²) in [4.78, 5) is 50.5. The predicted octanol–water partition coefficient (Wildman–Crippen LogP) is 1.74. The van der Waals surface area contributed by atoms with Gasteiger partial charge >= 0.3 is 12.1 Å². The lowest BCUT2D eigenvalue weighted by atomic mass is 9.92. The van der Waals surface area contributed by atoms with Crippen LogP contribution >= 0.6 is 0 Å². The topological polar surface area (TPSA) is 126 Å². The number of nitrogens with zero attached hydrogens (tertiary/aromatic N) is 1.